The van der Waals surface area contributed by atoms with Crippen LogP contribution in [0.4, 0.5) is 0 Å². The summed E-state index contributed by atoms with van der Waals surface area (Å²) >= 11 is 0. The van der Waals surface area contributed by atoms with Crippen LogP contribution in [-0.2, 0) is 4.79 Å². The largest absolute Gasteiger partial charge is 0.316 e. The van der Waals surface area contributed by atoms with Gasteiger partial charge in [0.25, 0.3) is 0 Å². The summed E-state index contributed by atoms with van der Waals surface area (Å²) in [5, 5.41) is 3.29. The van der Waals surface area contributed by atoms with E-state index in [9.17, 15) is 4.79 Å². The van der Waals surface area contributed by atoms with Crippen molar-refractivity contribution in [1.29, 1.82) is 0 Å². The second-order valence-electron chi connectivity index (χ2n) is 4.53. The van der Waals surface area contributed by atoms with Crippen LogP contribution in [0, 0.1) is 11.8 Å². The normalized spacial score (nSPS) is 22.5. The SMILES string of the molecule is CC(C)CCC(=O)CC1CCNC1. The number of Topliss-reactive ketones (excluding diaryl/α,β-unsaturated/α-hetero) is 1. The highest BCUT2D eigenvalue weighted by Crippen LogP contribution is 2.15. The van der Waals surface area contributed by atoms with E-state index in [0.29, 0.717) is 17.6 Å². The van der Waals surface area contributed by atoms with Crippen molar-refractivity contribution in [1.82, 2.24) is 5.32 Å². The molecule has 0 radical (unpaired) electrons. The lowest BCUT2D eigenvalue weighted by atomic mass is 9.97. The molecule has 0 aromatic heterocycles. The number of hydrogen-bond acceptors (Lipinski definition) is 2. The minimum Gasteiger partial charge on any atom is -0.316 e. The third-order valence-electron chi connectivity index (χ3n) is 2.68. The standard InChI is InChI=1S/C11H21NO/c1-9(2)3-4-11(13)7-10-5-6-12-8-10/h9-10,12H,3-8H2,1-2H3. The minimum atomic E-state index is 0.461. The van der Waals surface area contributed by atoms with Gasteiger partial charge in [0, 0.05) is 12.8 Å². The molecule has 1 aliphatic heterocycles. The van der Waals surface area contributed by atoms with Crippen LogP contribution in [0.15, 0.2) is 0 Å². The van der Waals surface area contributed by atoms with Crippen LogP contribution in [-0.4, -0.2) is 18.9 Å². The van der Waals surface area contributed by atoms with Gasteiger partial charge >= 0.3 is 0 Å². The Balaban J connectivity index is 2.09. The van der Waals surface area contributed by atoms with E-state index >= 15 is 0 Å². The molecule has 1 aliphatic rings. The lowest BCUT2D eigenvalue weighted by Crippen LogP contribution is -2.13. The molecule has 1 atom stereocenters. The predicted molar refractivity (Wildman–Crippen MR) is 54.7 cm³/mol. The molecule has 0 amide bonds. The van der Waals surface area contributed by atoms with Gasteiger partial charge in [-0.3, -0.25) is 4.79 Å². The van der Waals surface area contributed by atoms with E-state index in [-0.39, 0.29) is 0 Å². The zero-order valence-corrected chi connectivity index (χ0v) is 8.81. The summed E-state index contributed by atoms with van der Waals surface area (Å²) in [7, 11) is 0. The number of ketones is 1. The number of carbonyl (C=O) groups is 1. The Kier molecular flexibility index (Phi) is 4.43. The smallest absolute Gasteiger partial charge is 0.133 e. The summed E-state index contributed by atoms with van der Waals surface area (Å²) in [5.41, 5.74) is 0. The van der Waals surface area contributed by atoms with E-state index in [4.69, 9.17) is 0 Å². The Labute approximate surface area is 81.1 Å². The second kappa shape index (κ2) is 5.38. The van der Waals surface area contributed by atoms with Crippen molar-refractivity contribution in [2.24, 2.45) is 11.8 Å². The maximum absolute atomic E-state index is 11.5. The van der Waals surface area contributed by atoms with Gasteiger partial charge in [0.1, 0.15) is 5.78 Å². The van der Waals surface area contributed by atoms with E-state index in [1.54, 1.807) is 0 Å². The molecule has 0 saturated carbocycles. The van der Waals surface area contributed by atoms with Crippen molar-refractivity contribution >= 4 is 5.78 Å². The zero-order chi connectivity index (χ0) is 9.68. The summed E-state index contributed by atoms with van der Waals surface area (Å²) in [5.74, 6) is 1.74. The molecule has 0 bridgehead atoms. The lowest BCUT2D eigenvalue weighted by molar-refractivity contribution is -0.120. The predicted octanol–water partition coefficient (Wildman–Crippen LogP) is 1.99. The minimum absolute atomic E-state index is 0.461. The van der Waals surface area contributed by atoms with Gasteiger partial charge in [-0.2, -0.15) is 0 Å². The monoisotopic (exact) mass is 183 g/mol. The first-order valence-corrected chi connectivity index (χ1v) is 5.41. The van der Waals surface area contributed by atoms with Crippen LogP contribution in [0.5, 0.6) is 0 Å². The molecule has 0 aromatic carbocycles. The maximum Gasteiger partial charge on any atom is 0.133 e. The molecule has 0 spiro atoms. The second-order valence-corrected chi connectivity index (χ2v) is 4.53. The van der Waals surface area contributed by atoms with E-state index in [1.807, 2.05) is 0 Å². The highest BCUT2D eigenvalue weighted by atomic mass is 16.1. The molecule has 0 aliphatic carbocycles. The van der Waals surface area contributed by atoms with Crippen LogP contribution in [0.2, 0.25) is 0 Å². The van der Waals surface area contributed by atoms with Crippen molar-refractivity contribution in [2.45, 2.75) is 39.5 Å². The van der Waals surface area contributed by atoms with Gasteiger partial charge in [-0.15, -0.1) is 0 Å². The molecule has 2 nitrogen and oxygen atoms in total. The van der Waals surface area contributed by atoms with Crippen molar-refractivity contribution in [3.8, 4) is 0 Å². The van der Waals surface area contributed by atoms with Crippen LogP contribution < -0.4 is 5.32 Å². The molecule has 1 rings (SSSR count). The third-order valence-corrected chi connectivity index (χ3v) is 2.68. The third kappa shape index (κ3) is 4.41. The first kappa shape index (κ1) is 10.7. The van der Waals surface area contributed by atoms with Crippen molar-refractivity contribution in [3.63, 3.8) is 0 Å². The Morgan fingerprint density at radius 1 is 1.54 bits per heavy atom. The molecule has 76 valence electrons. The zero-order valence-electron chi connectivity index (χ0n) is 8.81. The molecule has 1 fully saturated rings. The Hall–Kier alpha value is -0.370. The molecular formula is C11H21NO. The molecule has 2 heteroatoms. The fourth-order valence-corrected chi connectivity index (χ4v) is 1.76. The molecule has 1 unspecified atom stereocenters. The average Bonchev–Trinajstić information content (AvgIpc) is 2.53. The van der Waals surface area contributed by atoms with Crippen LogP contribution in [0.3, 0.4) is 0 Å². The van der Waals surface area contributed by atoms with Crippen LogP contribution in [0.1, 0.15) is 39.5 Å². The number of nitrogens with one attached hydrogen (secondary N) is 1. The van der Waals surface area contributed by atoms with E-state index < -0.39 is 0 Å². The van der Waals surface area contributed by atoms with Gasteiger partial charge in [0.15, 0.2) is 0 Å². The first-order chi connectivity index (χ1) is 6.18. The quantitative estimate of drug-likeness (QED) is 0.706. The van der Waals surface area contributed by atoms with E-state index in [0.717, 1.165) is 32.4 Å². The molecule has 1 heterocycles. The lowest BCUT2D eigenvalue weighted by Gasteiger charge is -2.07. The summed E-state index contributed by atoms with van der Waals surface area (Å²) in [6.07, 6.45) is 3.83. The summed E-state index contributed by atoms with van der Waals surface area (Å²) < 4.78 is 0. The highest BCUT2D eigenvalue weighted by Gasteiger charge is 2.17. The highest BCUT2D eigenvalue weighted by molar-refractivity contribution is 5.78. The summed E-state index contributed by atoms with van der Waals surface area (Å²) in [6.45, 7) is 6.49. The van der Waals surface area contributed by atoms with Crippen LogP contribution in [0.25, 0.3) is 0 Å². The molecule has 0 aromatic rings. The Bertz CT molecular complexity index is 159. The van der Waals surface area contributed by atoms with Crippen molar-refractivity contribution in [3.05, 3.63) is 0 Å². The van der Waals surface area contributed by atoms with Gasteiger partial charge in [-0.1, -0.05) is 13.8 Å². The number of hydrogen-bond donors (Lipinski definition) is 1. The number of rotatable bonds is 5. The van der Waals surface area contributed by atoms with Crippen molar-refractivity contribution < 1.29 is 4.79 Å². The Morgan fingerprint density at radius 2 is 2.31 bits per heavy atom. The fraction of sp³-hybridized carbons (Fsp3) is 0.909. The van der Waals surface area contributed by atoms with E-state index in [2.05, 4.69) is 19.2 Å². The molecular weight excluding hydrogens is 162 g/mol. The fourth-order valence-electron chi connectivity index (χ4n) is 1.76. The van der Waals surface area contributed by atoms with Gasteiger partial charge < -0.3 is 5.32 Å². The summed E-state index contributed by atoms with van der Waals surface area (Å²) in [6, 6.07) is 0. The van der Waals surface area contributed by atoms with Gasteiger partial charge in [-0.05, 0) is 37.8 Å². The average molecular weight is 183 g/mol. The maximum atomic E-state index is 11.5. The van der Waals surface area contributed by atoms with Gasteiger partial charge in [0.2, 0.25) is 0 Å². The summed E-state index contributed by atoms with van der Waals surface area (Å²) in [4.78, 5) is 11.5. The van der Waals surface area contributed by atoms with E-state index in [1.165, 1.54) is 6.42 Å². The molecule has 1 N–H and O–H groups in total. The molecule has 1 saturated heterocycles. The van der Waals surface area contributed by atoms with Crippen LogP contribution >= 0.6 is 0 Å². The topological polar surface area (TPSA) is 29.1 Å². The van der Waals surface area contributed by atoms with Gasteiger partial charge in [0.05, 0.1) is 0 Å². The van der Waals surface area contributed by atoms with Gasteiger partial charge in [-0.25, -0.2) is 0 Å². The first-order valence-electron chi connectivity index (χ1n) is 5.41. The molecule has 13 heavy (non-hydrogen) atoms. The number of carbonyl (C=O) groups excluding carboxylic acids is 1. The Morgan fingerprint density at radius 3 is 2.85 bits per heavy atom. The van der Waals surface area contributed by atoms with Crippen molar-refractivity contribution in [2.75, 3.05) is 13.1 Å².